The van der Waals surface area contributed by atoms with Crippen LogP contribution in [0.2, 0.25) is 0 Å². The SMILES string of the molecule is O=NO[N+](=O)[O-].[Ru+4]. The molecule has 0 rings (SSSR count). The summed E-state index contributed by atoms with van der Waals surface area (Å²) in [6.07, 6.45) is 0. The molecule has 0 heterocycles. The van der Waals surface area contributed by atoms with E-state index in [1.807, 2.05) is 0 Å². The molecule has 0 unspecified atom stereocenters. The molecule has 38 valence electrons. The largest absolute Gasteiger partial charge is 4.00 e. The summed E-state index contributed by atoms with van der Waals surface area (Å²) in [6.45, 7) is 0. The zero-order valence-electron chi connectivity index (χ0n) is 2.88. The zero-order valence-corrected chi connectivity index (χ0v) is 4.62. The summed E-state index contributed by atoms with van der Waals surface area (Å²) in [4.78, 5) is 20.4. The third kappa shape index (κ3) is 10.8. The standard InChI is InChI=1S/N2O4.Ru/c3-1-6-2(4)5;/q;+4. The predicted molar refractivity (Wildman–Crippen MR) is 13.9 cm³/mol. The topological polar surface area (TPSA) is 81.8 Å². The fourth-order valence-corrected chi connectivity index (χ4v) is 0.0272. The van der Waals surface area contributed by atoms with Gasteiger partial charge in [0.2, 0.25) is 0 Å². The van der Waals surface area contributed by atoms with Crippen LogP contribution in [0.5, 0.6) is 0 Å². The van der Waals surface area contributed by atoms with Crippen molar-refractivity contribution in [1.29, 1.82) is 0 Å². The first kappa shape index (κ1) is 9.66. The molecule has 0 aromatic carbocycles. The van der Waals surface area contributed by atoms with Crippen molar-refractivity contribution in [3.8, 4) is 0 Å². The number of rotatable bonds is 2. The monoisotopic (exact) mass is 194 g/mol. The van der Waals surface area contributed by atoms with Crippen molar-refractivity contribution in [2.75, 3.05) is 0 Å². The normalized spacial score (nSPS) is 5.71. The molecule has 0 atom stereocenters. The van der Waals surface area contributed by atoms with Gasteiger partial charge in [0.1, 0.15) is 0 Å². The predicted octanol–water partition coefficient (Wildman–Crippen LogP) is -0.126. The van der Waals surface area contributed by atoms with E-state index in [2.05, 4.69) is 4.94 Å². The molecule has 0 saturated heterocycles. The minimum atomic E-state index is -1.30. The number of hydrogen-bond donors (Lipinski definition) is 0. The van der Waals surface area contributed by atoms with Crippen LogP contribution in [0.25, 0.3) is 0 Å². The molecular weight excluding hydrogens is 193 g/mol. The Balaban J connectivity index is 0. The minimum absolute atomic E-state index is 0. The molecule has 0 N–H and O–H groups in total. The van der Waals surface area contributed by atoms with Crippen LogP contribution in [0, 0.1) is 15.0 Å². The van der Waals surface area contributed by atoms with Gasteiger partial charge >= 0.3 is 24.8 Å². The third-order valence-corrected chi connectivity index (χ3v) is 0.100. The second kappa shape index (κ2) is 5.42. The van der Waals surface area contributed by atoms with Crippen LogP contribution < -0.4 is 0 Å². The van der Waals surface area contributed by atoms with Crippen molar-refractivity contribution in [3.63, 3.8) is 0 Å². The first-order chi connectivity index (χ1) is 2.77. The molecule has 7 heteroatoms. The Morgan fingerprint density at radius 3 is 2.14 bits per heavy atom. The Hall–Kier alpha value is -0.577. The van der Waals surface area contributed by atoms with Crippen molar-refractivity contribution in [3.05, 3.63) is 15.0 Å². The summed E-state index contributed by atoms with van der Waals surface area (Å²) in [5.41, 5.74) is 0. The molecule has 0 radical (unpaired) electrons. The van der Waals surface area contributed by atoms with Gasteiger partial charge in [-0.1, -0.05) is 0 Å². The molecule has 0 bridgehead atoms. The Labute approximate surface area is 50.6 Å². The average Bonchev–Trinajstić information content (AvgIpc) is 1.35. The summed E-state index contributed by atoms with van der Waals surface area (Å²) in [5.74, 6) is 0. The molecule has 7 heavy (non-hydrogen) atoms. The van der Waals surface area contributed by atoms with E-state index in [0.717, 1.165) is 0 Å². The Morgan fingerprint density at radius 2 is 2.14 bits per heavy atom. The van der Waals surface area contributed by atoms with Crippen LogP contribution in [-0.4, -0.2) is 5.09 Å². The Kier molecular flexibility index (Phi) is 7.48. The van der Waals surface area contributed by atoms with Crippen molar-refractivity contribution < 1.29 is 29.5 Å². The van der Waals surface area contributed by atoms with Gasteiger partial charge in [0.25, 0.3) is 0 Å². The molecule has 0 aliphatic carbocycles. The van der Waals surface area contributed by atoms with Crippen molar-refractivity contribution in [1.82, 2.24) is 0 Å². The molecule has 0 fully saturated rings. The summed E-state index contributed by atoms with van der Waals surface area (Å²) in [7, 11) is 0. The van der Waals surface area contributed by atoms with Gasteiger partial charge in [0.05, 0.1) is 0 Å². The van der Waals surface area contributed by atoms with Gasteiger partial charge in [-0.25, -0.2) is 10.1 Å². The van der Waals surface area contributed by atoms with Gasteiger partial charge in [0, 0.05) is 4.91 Å². The zero-order chi connectivity index (χ0) is 4.99. The maximum Gasteiger partial charge on any atom is 4.00 e. The average molecular weight is 193 g/mol. The fourth-order valence-electron chi connectivity index (χ4n) is 0.0272. The maximum atomic E-state index is 8.89. The molecule has 0 amide bonds. The van der Waals surface area contributed by atoms with Gasteiger partial charge in [0.15, 0.2) is 5.09 Å². The van der Waals surface area contributed by atoms with E-state index in [1.165, 1.54) is 5.34 Å². The van der Waals surface area contributed by atoms with Crippen LogP contribution >= 0.6 is 0 Å². The maximum absolute atomic E-state index is 8.89. The molecule has 0 saturated carbocycles. The van der Waals surface area contributed by atoms with Gasteiger partial charge in [-0.3, -0.25) is 0 Å². The van der Waals surface area contributed by atoms with Gasteiger partial charge in [-0.15, -0.1) is 4.94 Å². The van der Waals surface area contributed by atoms with E-state index < -0.39 is 5.09 Å². The summed E-state index contributed by atoms with van der Waals surface area (Å²) < 4.78 is 0. The molecule has 0 aliphatic rings. The summed E-state index contributed by atoms with van der Waals surface area (Å²) >= 11 is 0. The molecular formula is N2O4Ru+4. The van der Waals surface area contributed by atoms with E-state index >= 15 is 0 Å². The number of nitrogens with zero attached hydrogens (tertiary/aromatic N) is 2. The van der Waals surface area contributed by atoms with Crippen molar-refractivity contribution in [2.45, 2.75) is 0 Å². The van der Waals surface area contributed by atoms with Gasteiger partial charge in [-0.2, -0.15) is 0 Å². The van der Waals surface area contributed by atoms with E-state index in [4.69, 9.17) is 15.0 Å². The van der Waals surface area contributed by atoms with E-state index in [-0.39, 0.29) is 19.5 Å². The molecule has 0 aromatic heterocycles. The van der Waals surface area contributed by atoms with Crippen molar-refractivity contribution >= 4 is 0 Å². The van der Waals surface area contributed by atoms with E-state index in [0.29, 0.717) is 0 Å². The first-order valence-corrected chi connectivity index (χ1v) is 0.913. The van der Waals surface area contributed by atoms with E-state index in [9.17, 15) is 0 Å². The fraction of sp³-hybridized carbons (Fsp3) is 0. The third-order valence-electron chi connectivity index (χ3n) is 0.100. The second-order valence-electron chi connectivity index (χ2n) is 0.380. The summed E-state index contributed by atoms with van der Waals surface area (Å²) in [6, 6.07) is 0. The quantitative estimate of drug-likeness (QED) is 0.265. The van der Waals surface area contributed by atoms with Crippen LogP contribution in [0.1, 0.15) is 0 Å². The molecule has 0 aromatic rings. The summed E-state index contributed by atoms with van der Waals surface area (Å²) in [5, 5.41) is 9.08. The first-order valence-electron chi connectivity index (χ1n) is 0.913. The van der Waals surface area contributed by atoms with Crippen LogP contribution in [0.15, 0.2) is 5.34 Å². The van der Waals surface area contributed by atoms with Crippen molar-refractivity contribution in [2.24, 2.45) is 5.34 Å². The smallest absolute Gasteiger partial charge is 0.218 e. The Bertz CT molecular complexity index is 70.1. The van der Waals surface area contributed by atoms with Crippen LogP contribution in [0.3, 0.4) is 0 Å². The molecule has 6 nitrogen and oxygen atoms in total. The van der Waals surface area contributed by atoms with Crippen LogP contribution in [-0.2, 0) is 24.4 Å². The van der Waals surface area contributed by atoms with Gasteiger partial charge < -0.3 is 0 Å². The van der Waals surface area contributed by atoms with Gasteiger partial charge in [-0.05, 0) is 0 Å². The van der Waals surface area contributed by atoms with E-state index in [1.54, 1.807) is 0 Å². The number of hydrogen-bond acceptors (Lipinski definition) is 5. The Morgan fingerprint density at radius 1 is 1.71 bits per heavy atom. The second-order valence-corrected chi connectivity index (χ2v) is 0.380. The molecule has 0 spiro atoms. The molecule has 0 aliphatic heterocycles. The minimum Gasteiger partial charge on any atom is -0.218 e. The van der Waals surface area contributed by atoms with Crippen LogP contribution in [0.4, 0.5) is 0 Å².